The van der Waals surface area contributed by atoms with Gasteiger partial charge in [-0.15, -0.1) is 0 Å². The number of amides is 2. The van der Waals surface area contributed by atoms with E-state index < -0.39 is 35.3 Å². The highest BCUT2D eigenvalue weighted by Crippen LogP contribution is 2.32. The molecule has 3 atom stereocenters. The van der Waals surface area contributed by atoms with Gasteiger partial charge in [-0.2, -0.15) is 0 Å². The normalized spacial score (nSPS) is 19.4. The number of carbonyl (C=O) groups is 2. The van der Waals surface area contributed by atoms with Crippen molar-refractivity contribution in [1.82, 2.24) is 4.90 Å². The molecule has 0 unspecified atom stereocenters. The van der Waals surface area contributed by atoms with E-state index in [1.54, 1.807) is 41.1 Å². The Hall–Kier alpha value is -2.54. The molecule has 0 fully saturated rings. The summed E-state index contributed by atoms with van der Waals surface area (Å²) in [5, 5.41) is 3.48. The number of anilines is 1. The predicted molar refractivity (Wildman–Crippen MR) is 117 cm³/mol. The smallest absolute Gasteiger partial charge is 0.417 e. The number of benzene rings is 1. The maximum atomic E-state index is 12.9. The van der Waals surface area contributed by atoms with Crippen LogP contribution in [-0.2, 0) is 14.3 Å². The molecule has 7 nitrogen and oxygen atoms in total. The molecule has 2 rings (SSSR count). The Morgan fingerprint density at radius 1 is 1.17 bits per heavy atom. The minimum absolute atomic E-state index is 0.397. The highest BCUT2D eigenvalue weighted by molar-refractivity contribution is 6.01. The standard InChI is InChI=1S/C23H34N2O5/c1-8-15-23(5,29-7)20(24-16-9-11-17(28-6)12-10-16)18-13-14-19(26)25(18)21(27)30-22(2,3)4/h9-14,18,20,24H,8,15H2,1-7H3/t18-,20-,23+/m1/s1. The Morgan fingerprint density at radius 2 is 1.80 bits per heavy atom. The predicted octanol–water partition coefficient (Wildman–Crippen LogP) is 4.38. The lowest BCUT2D eigenvalue weighted by Gasteiger charge is -2.42. The summed E-state index contributed by atoms with van der Waals surface area (Å²) in [5.41, 5.74) is -0.525. The maximum absolute atomic E-state index is 12.9. The molecule has 1 aromatic rings. The van der Waals surface area contributed by atoms with Crippen LogP contribution in [0.25, 0.3) is 0 Å². The van der Waals surface area contributed by atoms with Crippen molar-refractivity contribution in [3.05, 3.63) is 36.4 Å². The van der Waals surface area contributed by atoms with Crippen LogP contribution in [0.3, 0.4) is 0 Å². The zero-order valence-electron chi connectivity index (χ0n) is 19.0. The van der Waals surface area contributed by atoms with E-state index in [0.29, 0.717) is 0 Å². The second kappa shape index (κ2) is 9.51. The fourth-order valence-electron chi connectivity index (χ4n) is 3.62. The molecule has 1 aliphatic heterocycles. The first-order valence-electron chi connectivity index (χ1n) is 10.2. The summed E-state index contributed by atoms with van der Waals surface area (Å²) in [6.07, 6.45) is 4.10. The highest BCUT2D eigenvalue weighted by Gasteiger charge is 2.46. The molecule has 0 spiro atoms. The van der Waals surface area contributed by atoms with Gasteiger partial charge in [0.15, 0.2) is 0 Å². The number of ether oxygens (including phenoxy) is 3. The first-order valence-corrected chi connectivity index (χ1v) is 10.2. The topological polar surface area (TPSA) is 77.1 Å². The zero-order valence-corrected chi connectivity index (χ0v) is 19.0. The Kier molecular flexibility index (Phi) is 7.53. The summed E-state index contributed by atoms with van der Waals surface area (Å²) < 4.78 is 16.7. The third-order valence-corrected chi connectivity index (χ3v) is 5.19. The summed E-state index contributed by atoms with van der Waals surface area (Å²) in [6.45, 7) is 9.39. The van der Waals surface area contributed by atoms with Gasteiger partial charge in [0.25, 0.3) is 5.91 Å². The molecule has 1 aromatic carbocycles. The average Bonchev–Trinajstić information content (AvgIpc) is 3.06. The summed E-state index contributed by atoms with van der Waals surface area (Å²) >= 11 is 0. The van der Waals surface area contributed by atoms with Crippen LogP contribution in [0.1, 0.15) is 47.5 Å². The zero-order chi connectivity index (χ0) is 22.5. The van der Waals surface area contributed by atoms with Gasteiger partial charge < -0.3 is 19.5 Å². The highest BCUT2D eigenvalue weighted by atomic mass is 16.6. The van der Waals surface area contributed by atoms with Crippen LogP contribution < -0.4 is 10.1 Å². The second-order valence-electron chi connectivity index (χ2n) is 8.66. The number of hydrogen-bond acceptors (Lipinski definition) is 6. The van der Waals surface area contributed by atoms with Crippen LogP contribution in [-0.4, -0.2) is 54.4 Å². The van der Waals surface area contributed by atoms with Crippen molar-refractivity contribution < 1.29 is 23.8 Å². The lowest BCUT2D eigenvalue weighted by molar-refractivity contribution is -0.126. The van der Waals surface area contributed by atoms with E-state index in [1.165, 1.54) is 11.0 Å². The van der Waals surface area contributed by atoms with Crippen molar-refractivity contribution in [1.29, 1.82) is 0 Å². The number of imide groups is 1. The fourth-order valence-corrected chi connectivity index (χ4v) is 3.62. The quantitative estimate of drug-likeness (QED) is 0.675. The summed E-state index contributed by atoms with van der Waals surface area (Å²) in [5.74, 6) is 0.345. The summed E-state index contributed by atoms with van der Waals surface area (Å²) in [4.78, 5) is 26.6. The minimum Gasteiger partial charge on any atom is -0.497 e. The van der Waals surface area contributed by atoms with E-state index in [4.69, 9.17) is 14.2 Å². The summed E-state index contributed by atoms with van der Waals surface area (Å²) in [6, 6.07) is 6.53. The average molecular weight is 419 g/mol. The Bertz CT molecular complexity index is 769. The van der Waals surface area contributed by atoms with Gasteiger partial charge in [0, 0.05) is 18.9 Å². The molecule has 0 aliphatic carbocycles. The monoisotopic (exact) mass is 418 g/mol. The molecule has 1 aliphatic rings. The van der Waals surface area contributed by atoms with E-state index in [0.717, 1.165) is 24.3 Å². The van der Waals surface area contributed by atoms with Crippen molar-refractivity contribution in [2.45, 2.75) is 70.7 Å². The molecule has 0 saturated carbocycles. The SMILES string of the molecule is CCC[C@](C)(OC)[C@H](Nc1ccc(OC)cc1)[C@H]1C=CC(=O)N1C(=O)OC(C)(C)C. The number of carbonyl (C=O) groups excluding carboxylic acids is 2. The third kappa shape index (κ3) is 5.53. The van der Waals surface area contributed by atoms with Crippen LogP contribution in [0.5, 0.6) is 5.75 Å². The van der Waals surface area contributed by atoms with Gasteiger partial charge in [0.1, 0.15) is 11.4 Å². The van der Waals surface area contributed by atoms with Crippen molar-refractivity contribution in [3.63, 3.8) is 0 Å². The van der Waals surface area contributed by atoms with Gasteiger partial charge in [-0.05, 0) is 58.4 Å². The van der Waals surface area contributed by atoms with Crippen molar-refractivity contribution in [3.8, 4) is 5.75 Å². The molecular formula is C23H34N2O5. The lowest BCUT2D eigenvalue weighted by atomic mass is 9.85. The summed E-state index contributed by atoms with van der Waals surface area (Å²) in [7, 11) is 3.26. The van der Waals surface area contributed by atoms with E-state index in [2.05, 4.69) is 12.2 Å². The second-order valence-corrected chi connectivity index (χ2v) is 8.66. The van der Waals surface area contributed by atoms with Gasteiger partial charge in [-0.3, -0.25) is 4.79 Å². The molecular weight excluding hydrogens is 384 g/mol. The van der Waals surface area contributed by atoms with Gasteiger partial charge in [-0.1, -0.05) is 19.4 Å². The minimum atomic E-state index is -0.711. The maximum Gasteiger partial charge on any atom is 0.417 e. The fraction of sp³-hybridized carbons (Fsp3) is 0.565. The Labute approximate surface area is 179 Å². The molecule has 1 heterocycles. The molecule has 166 valence electrons. The number of nitrogens with zero attached hydrogens (tertiary/aromatic N) is 1. The van der Waals surface area contributed by atoms with Crippen molar-refractivity contribution in [2.24, 2.45) is 0 Å². The van der Waals surface area contributed by atoms with E-state index in [9.17, 15) is 9.59 Å². The number of rotatable bonds is 8. The Morgan fingerprint density at radius 3 is 2.30 bits per heavy atom. The van der Waals surface area contributed by atoms with Crippen molar-refractivity contribution >= 4 is 17.7 Å². The number of hydrogen-bond donors (Lipinski definition) is 1. The van der Waals surface area contributed by atoms with Gasteiger partial charge >= 0.3 is 6.09 Å². The number of methoxy groups -OCH3 is 2. The van der Waals surface area contributed by atoms with Crippen LogP contribution >= 0.6 is 0 Å². The lowest BCUT2D eigenvalue weighted by Crippen LogP contribution is -2.59. The molecule has 1 N–H and O–H groups in total. The van der Waals surface area contributed by atoms with E-state index >= 15 is 0 Å². The van der Waals surface area contributed by atoms with Crippen LogP contribution in [0, 0.1) is 0 Å². The van der Waals surface area contributed by atoms with E-state index in [-0.39, 0.29) is 0 Å². The van der Waals surface area contributed by atoms with Crippen LogP contribution in [0.4, 0.5) is 10.5 Å². The molecule has 30 heavy (non-hydrogen) atoms. The number of nitrogens with one attached hydrogen (secondary N) is 1. The van der Waals surface area contributed by atoms with Crippen LogP contribution in [0.15, 0.2) is 36.4 Å². The van der Waals surface area contributed by atoms with Gasteiger partial charge in [0.05, 0.1) is 24.8 Å². The molecule has 0 bridgehead atoms. The van der Waals surface area contributed by atoms with Crippen molar-refractivity contribution in [2.75, 3.05) is 19.5 Å². The molecule has 0 aromatic heterocycles. The van der Waals surface area contributed by atoms with Gasteiger partial charge in [0.2, 0.25) is 0 Å². The first kappa shape index (κ1) is 23.7. The molecule has 7 heteroatoms. The third-order valence-electron chi connectivity index (χ3n) is 5.19. The largest absolute Gasteiger partial charge is 0.497 e. The van der Waals surface area contributed by atoms with E-state index in [1.807, 2.05) is 31.2 Å². The molecule has 0 radical (unpaired) electrons. The molecule has 2 amide bonds. The first-order chi connectivity index (χ1) is 14.0. The van der Waals surface area contributed by atoms with Crippen LogP contribution in [0.2, 0.25) is 0 Å². The Balaban J connectivity index is 2.41. The van der Waals surface area contributed by atoms with Gasteiger partial charge in [-0.25, -0.2) is 9.69 Å². The molecule has 0 saturated heterocycles.